The summed E-state index contributed by atoms with van der Waals surface area (Å²) in [4.78, 5) is 16.6. The number of carbonyl (C=O) groups is 1. The number of carbonyl (C=O) groups excluding carboxylic acids is 1. The number of guanidine groups is 1. The van der Waals surface area contributed by atoms with Crippen LogP contribution in [0.15, 0.2) is 47.1 Å². The molecule has 1 fully saturated rings. The Morgan fingerprint density at radius 2 is 1.73 bits per heavy atom. The third kappa shape index (κ3) is 8.79. The second-order valence-corrected chi connectivity index (χ2v) is 13.7. The Kier molecular flexibility index (Phi) is 11.5. The summed E-state index contributed by atoms with van der Waals surface area (Å²) < 4.78 is 85.3. The van der Waals surface area contributed by atoms with E-state index in [1.807, 2.05) is 26.0 Å². The summed E-state index contributed by atoms with van der Waals surface area (Å²) in [5.41, 5.74) is 8.54. The van der Waals surface area contributed by atoms with E-state index in [0.29, 0.717) is 18.0 Å². The van der Waals surface area contributed by atoms with Gasteiger partial charge in [-0.1, -0.05) is 38.8 Å². The Morgan fingerprint density at radius 1 is 1.08 bits per heavy atom. The zero-order valence-corrected chi connectivity index (χ0v) is 29.0. The molecule has 3 aliphatic rings. The second kappa shape index (κ2) is 14.7. The van der Waals surface area contributed by atoms with Crippen LogP contribution in [0.2, 0.25) is 0 Å². The fourth-order valence-corrected chi connectivity index (χ4v) is 7.11. The average Bonchev–Trinajstić information content (AvgIpc) is 3.51. The van der Waals surface area contributed by atoms with E-state index >= 15 is 0 Å². The Balaban J connectivity index is 1.82. The zero-order chi connectivity index (χ0) is 36.5. The van der Waals surface area contributed by atoms with Crippen LogP contribution in [0.4, 0.5) is 32.0 Å². The van der Waals surface area contributed by atoms with Crippen molar-refractivity contribution in [3.8, 4) is 0 Å². The van der Waals surface area contributed by atoms with Crippen LogP contribution in [0.3, 0.4) is 0 Å². The molecule has 1 aromatic rings. The van der Waals surface area contributed by atoms with E-state index in [1.54, 1.807) is 30.8 Å². The molecule has 272 valence electrons. The van der Waals surface area contributed by atoms with Gasteiger partial charge in [-0.2, -0.15) is 31.8 Å². The molecule has 3 atom stereocenters. The second-order valence-electron chi connectivity index (χ2n) is 13.7. The van der Waals surface area contributed by atoms with Crippen molar-refractivity contribution in [2.45, 2.75) is 64.5 Å². The van der Waals surface area contributed by atoms with Crippen LogP contribution < -0.4 is 22.3 Å². The van der Waals surface area contributed by atoms with Crippen molar-refractivity contribution in [1.29, 1.82) is 0 Å². The number of nitrogens with zero attached hydrogens (tertiary/aromatic N) is 4. The minimum absolute atomic E-state index is 0.0397. The normalized spacial score (nSPS) is 23.8. The number of hydrazine groups is 2. The number of alkyl halides is 6. The summed E-state index contributed by atoms with van der Waals surface area (Å²) in [6, 6.07) is 5.34. The number of allylic oxidation sites excluding steroid dienone is 3. The number of nitrogens with one attached hydrogen (secondary N) is 2. The molecular weight excluding hydrogens is 650 g/mol. The fraction of sp³-hybridized carbons (Fsp3) is 0.588. The van der Waals surface area contributed by atoms with Gasteiger partial charge in [-0.3, -0.25) is 20.0 Å². The van der Waals surface area contributed by atoms with E-state index < -0.39 is 41.0 Å². The number of fused-ring (bicyclic) bond motifs is 1. The zero-order valence-electron chi connectivity index (χ0n) is 29.0. The lowest BCUT2D eigenvalue weighted by molar-refractivity contribution is -0.531. The molecule has 9 nitrogen and oxygen atoms in total. The molecule has 1 amide bonds. The van der Waals surface area contributed by atoms with Crippen LogP contribution in [0, 0.1) is 17.8 Å². The maximum Gasteiger partial charge on any atom is 0.416 e. The lowest BCUT2D eigenvalue weighted by Crippen LogP contribution is -2.58. The molecule has 0 bridgehead atoms. The lowest BCUT2D eigenvalue weighted by atomic mass is 9.80. The Bertz CT molecular complexity index is 1510. The molecule has 1 aromatic carbocycles. The number of anilines is 1. The van der Waals surface area contributed by atoms with Gasteiger partial charge in [0.05, 0.1) is 18.7 Å². The molecular formula is C34H49F6N8O+. The standard InChI is InChI=1S/C34H48F6N8O/c1-7-48(18-22-10-8-9-11-22)32(3)27(14-23-12-13-24(16-29(23)43-32)30(49)45(4)5)20-47(31(41)44-46(6)42)19-25-15-26(33(35,36)37)17-28(21(25)2)34(38,39)40/h12-17,21-22,25,43H,7-11,18-20,42H2,1-6H3,(H2,41,44)/p+1. The van der Waals surface area contributed by atoms with Crippen molar-refractivity contribution >= 4 is 23.6 Å². The number of hydrogen-bond donors (Lipinski definition) is 4. The number of amides is 1. The molecule has 15 heteroatoms. The number of rotatable bonds is 10. The minimum Gasteiger partial charge on any atom is -0.363 e. The molecule has 1 heterocycles. The van der Waals surface area contributed by atoms with Gasteiger partial charge >= 0.3 is 18.3 Å². The van der Waals surface area contributed by atoms with Gasteiger partial charge in [0.15, 0.2) is 0 Å². The van der Waals surface area contributed by atoms with Crippen LogP contribution >= 0.6 is 0 Å². The average molecular weight is 700 g/mol. The van der Waals surface area contributed by atoms with E-state index in [1.165, 1.54) is 18.9 Å². The number of likely N-dealkylation sites (N-methyl/N-ethyl adjacent to an activating group) is 1. The molecule has 0 radical (unpaired) electrons. The molecule has 3 unspecified atom stereocenters. The first-order chi connectivity index (χ1) is 22.7. The highest BCUT2D eigenvalue weighted by atomic mass is 19.4. The predicted molar refractivity (Wildman–Crippen MR) is 179 cm³/mol. The van der Waals surface area contributed by atoms with Crippen LogP contribution in [-0.2, 0) is 0 Å². The highest BCUT2D eigenvalue weighted by Crippen LogP contribution is 2.44. The van der Waals surface area contributed by atoms with Crippen molar-refractivity contribution in [2.24, 2.45) is 29.3 Å². The van der Waals surface area contributed by atoms with Gasteiger partial charge in [-0.25, -0.2) is 5.84 Å². The molecule has 0 spiro atoms. The molecule has 6 N–H and O–H groups in total. The van der Waals surface area contributed by atoms with E-state index in [2.05, 4.69) is 15.6 Å². The van der Waals surface area contributed by atoms with Gasteiger partial charge in [-0.05, 0) is 68.0 Å². The van der Waals surface area contributed by atoms with Gasteiger partial charge in [0, 0.05) is 56.0 Å². The van der Waals surface area contributed by atoms with E-state index in [0.717, 1.165) is 60.2 Å². The Labute approximate surface area is 284 Å². The third-order valence-corrected chi connectivity index (χ3v) is 9.92. The molecule has 49 heavy (non-hydrogen) atoms. The summed E-state index contributed by atoms with van der Waals surface area (Å²) in [6.07, 6.45) is -2.44. The molecule has 4 rings (SSSR count). The van der Waals surface area contributed by atoms with Crippen molar-refractivity contribution in [2.75, 3.05) is 52.6 Å². The summed E-state index contributed by atoms with van der Waals surface area (Å²) in [7, 11) is 4.82. The smallest absolute Gasteiger partial charge is 0.363 e. The predicted octanol–water partition coefficient (Wildman–Crippen LogP) is 5.31. The molecule has 0 aromatic heterocycles. The first kappa shape index (κ1) is 38.2. The number of halogens is 6. The third-order valence-electron chi connectivity index (χ3n) is 9.92. The lowest BCUT2D eigenvalue weighted by Gasteiger charge is -2.47. The Morgan fingerprint density at radius 3 is 2.29 bits per heavy atom. The molecule has 0 saturated heterocycles. The van der Waals surface area contributed by atoms with Gasteiger partial charge in [0.2, 0.25) is 0 Å². The topological polar surface area (TPSA) is 106 Å². The maximum absolute atomic E-state index is 14.0. The van der Waals surface area contributed by atoms with Crippen molar-refractivity contribution in [3.63, 3.8) is 0 Å². The number of benzene rings is 1. The van der Waals surface area contributed by atoms with E-state index in [4.69, 9.17) is 11.6 Å². The van der Waals surface area contributed by atoms with Crippen LogP contribution in [0.25, 0.3) is 6.08 Å². The SMILES string of the molecule is CCN(CC1CCCC1)C1(C)Nc2cc(C(=O)N(C)C)ccc2C=C1C[N+](CC1C=C(C(F)(F)F)C=C(C(F)(F)F)C1C)=C(N)NN(C)N. The fourth-order valence-electron chi connectivity index (χ4n) is 7.11. The highest BCUT2D eigenvalue weighted by molar-refractivity contribution is 5.96. The summed E-state index contributed by atoms with van der Waals surface area (Å²) in [5.74, 6) is 3.61. The maximum atomic E-state index is 14.0. The summed E-state index contributed by atoms with van der Waals surface area (Å²) in [6.45, 7) is 6.51. The molecule has 2 aliphatic carbocycles. The first-order valence-electron chi connectivity index (χ1n) is 16.5. The summed E-state index contributed by atoms with van der Waals surface area (Å²) >= 11 is 0. The molecule has 1 saturated carbocycles. The van der Waals surface area contributed by atoms with Crippen molar-refractivity contribution < 1.29 is 35.7 Å². The van der Waals surface area contributed by atoms with Crippen molar-refractivity contribution in [1.82, 2.24) is 20.3 Å². The highest BCUT2D eigenvalue weighted by Gasteiger charge is 2.46. The summed E-state index contributed by atoms with van der Waals surface area (Å²) in [5, 5.41) is 4.73. The monoisotopic (exact) mass is 699 g/mol. The largest absolute Gasteiger partial charge is 0.416 e. The number of nitrogens with two attached hydrogens (primary N) is 2. The van der Waals surface area contributed by atoms with Crippen LogP contribution in [0.1, 0.15) is 62.4 Å². The van der Waals surface area contributed by atoms with Crippen LogP contribution in [0.5, 0.6) is 0 Å². The van der Waals surface area contributed by atoms with Gasteiger partial charge in [0.25, 0.3) is 5.91 Å². The Hall–Kier alpha value is -3.56. The van der Waals surface area contributed by atoms with Gasteiger partial charge in [-0.15, -0.1) is 5.12 Å². The quantitative estimate of drug-likeness (QED) is 0.0656. The molecule has 1 aliphatic heterocycles. The first-order valence-corrected chi connectivity index (χ1v) is 16.5. The number of hydrogen-bond acceptors (Lipinski definition) is 5. The van der Waals surface area contributed by atoms with Crippen LogP contribution in [-0.4, -0.2) is 96.7 Å². The van der Waals surface area contributed by atoms with Gasteiger partial charge < -0.3 is 10.2 Å². The van der Waals surface area contributed by atoms with Gasteiger partial charge in [0.1, 0.15) is 5.66 Å². The van der Waals surface area contributed by atoms with E-state index in [-0.39, 0.29) is 31.0 Å². The minimum atomic E-state index is -4.97. The van der Waals surface area contributed by atoms with Crippen molar-refractivity contribution in [3.05, 3.63) is 58.2 Å². The van der Waals surface area contributed by atoms with E-state index in [9.17, 15) is 31.1 Å².